The Bertz CT molecular complexity index is 439. The molecule has 2 bridgehead atoms. The van der Waals surface area contributed by atoms with Crippen molar-refractivity contribution in [2.75, 3.05) is 7.05 Å². The van der Waals surface area contributed by atoms with Crippen LogP contribution in [0.25, 0.3) is 0 Å². The van der Waals surface area contributed by atoms with Crippen molar-refractivity contribution in [3.8, 4) is 0 Å². The van der Waals surface area contributed by atoms with Crippen molar-refractivity contribution < 1.29 is 9.53 Å². The first-order chi connectivity index (χ1) is 11.1. The van der Waals surface area contributed by atoms with Crippen LogP contribution in [-0.2, 0) is 9.53 Å². The highest BCUT2D eigenvalue weighted by Crippen LogP contribution is 2.49. The number of fused-ring (bicyclic) bond motifs is 2. The molecule has 0 aromatic rings. The summed E-state index contributed by atoms with van der Waals surface area (Å²) in [6, 6.07) is 1.17. The van der Waals surface area contributed by atoms with Gasteiger partial charge in [-0.1, -0.05) is 19.8 Å². The van der Waals surface area contributed by atoms with Gasteiger partial charge >= 0.3 is 5.97 Å². The Morgan fingerprint density at radius 3 is 2.39 bits per heavy atom. The van der Waals surface area contributed by atoms with E-state index >= 15 is 0 Å². The standard InChI is InChI=1S/C20H33NO2/c1-13-6-8-14(9-7-13)17-12-15-10-11-18(21(15)2)19(17)20(22)23-16-4-3-5-16/h13-19H,3-12H2,1-2H3. The maximum absolute atomic E-state index is 13.0. The monoisotopic (exact) mass is 319 g/mol. The summed E-state index contributed by atoms with van der Waals surface area (Å²) in [5, 5.41) is 0. The lowest BCUT2D eigenvalue weighted by molar-refractivity contribution is -0.166. The van der Waals surface area contributed by atoms with Crippen molar-refractivity contribution in [2.45, 2.75) is 89.3 Å². The van der Waals surface area contributed by atoms with Gasteiger partial charge in [0.15, 0.2) is 0 Å². The lowest BCUT2D eigenvalue weighted by Gasteiger charge is -2.46. The molecule has 2 saturated heterocycles. The van der Waals surface area contributed by atoms with Gasteiger partial charge in [0.1, 0.15) is 6.10 Å². The molecule has 2 heterocycles. The number of rotatable bonds is 3. The Kier molecular flexibility index (Phi) is 4.42. The van der Waals surface area contributed by atoms with Gasteiger partial charge in [0, 0.05) is 12.1 Å². The fourth-order valence-corrected chi connectivity index (χ4v) is 5.77. The van der Waals surface area contributed by atoms with E-state index in [1.807, 2.05) is 0 Å². The van der Waals surface area contributed by atoms with Crippen LogP contribution in [0.1, 0.15) is 71.1 Å². The summed E-state index contributed by atoms with van der Waals surface area (Å²) in [7, 11) is 2.24. The molecule has 0 radical (unpaired) electrons. The van der Waals surface area contributed by atoms with E-state index in [1.165, 1.54) is 51.4 Å². The molecule has 0 aromatic heterocycles. The van der Waals surface area contributed by atoms with Crippen molar-refractivity contribution in [3.63, 3.8) is 0 Å². The van der Waals surface area contributed by atoms with Gasteiger partial charge in [0.25, 0.3) is 0 Å². The summed E-state index contributed by atoms with van der Waals surface area (Å²) in [4.78, 5) is 15.5. The summed E-state index contributed by atoms with van der Waals surface area (Å²) in [6.45, 7) is 2.39. The molecular formula is C20H33NO2. The van der Waals surface area contributed by atoms with Crippen LogP contribution in [-0.4, -0.2) is 36.1 Å². The molecule has 3 heteroatoms. The van der Waals surface area contributed by atoms with Crippen LogP contribution in [0.3, 0.4) is 0 Å². The number of nitrogens with zero attached hydrogens (tertiary/aromatic N) is 1. The van der Waals surface area contributed by atoms with E-state index in [9.17, 15) is 4.79 Å². The summed E-state index contributed by atoms with van der Waals surface area (Å²) in [5.41, 5.74) is 0. The quantitative estimate of drug-likeness (QED) is 0.736. The molecule has 4 aliphatic rings. The fourth-order valence-electron chi connectivity index (χ4n) is 5.77. The highest BCUT2D eigenvalue weighted by Gasteiger charge is 2.51. The third-order valence-electron chi connectivity index (χ3n) is 7.59. The Labute approximate surface area is 141 Å². The maximum Gasteiger partial charge on any atom is 0.311 e. The molecule has 4 rings (SSSR count). The molecule has 2 aliphatic carbocycles. The van der Waals surface area contributed by atoms with Gasteiger partial charge in [-0.05, 0) is 76.2 Å². The van der Waals surface area contributed by atoms with E-state index in [1.54, 1.807) is 0 Å². The van der Waals surface area contributed by atoms with Crippen LogP contribution in [0.4, 0.5) is 0 Å². The predicted octanol–water partition coefficient (Wildman–Crippen LogP) is 4.01. The molecule has 130 valence electrons. The number of hydrogen-bond acceptors (Lipinski definition) is 3. The topological polar surface area (TPSA) is 29.5 Å². The largest absolute Gasteiger partial charge is 0.462 e. The van der Waals surface area contributed by atoms with Gasteiger partial charge in [0.05, 0.1) is 5.92 Å². The minimum atomic E-state index is 0.149. The second-order valence-corrected chi connectivity index (χ2v) is 8.90. The minimum Gasteiger partial charge on any atom is -0.462 e. The SMILES string of the molecule is CC1CCC(C2CC3CCC(C2C(=O)OC2CCC2)N3C)CC1. The second kappa shape index (κ2) is 6.38. The number of carbonyl (C=O) groups excluding carboxylic acids is 1. The Hall–Kier alpha value is -0.570. The van der Waals surface area contributed by atoms with E-state index in [0.717, 1.165) is 30.7 Å². The molecule has 0 N–H and O–H groups in total. The summed E-state index contributed by atoms with van der Waals surface area (Å²) < 4.78 is 5.90. The highest BCUT2D eigenvalue weighted by molar-refractivity contribution is 5.74. The van der Waals surface area contributed by atoms with E-state index < -0.39 is 0 Å². The van der Waals surface area contributed by atoms with E-state index in [2.05, 4.69) is 18.9 Å². The zero-order chi connectivity index (χ0) is 16.0. The van der Waals surface area contributed by atoms with Crippen LogP contribution in [0, 0.1) is 23.7 Å². The van der Waals surface area contributed by atoms with E-state index in [4.69, 9.17) is 4.74 Å². The van der Waals surface area contributed by atoms with Crippen LogP contribution in [0.5, 0.6) is 0 Å². The van der Waals surface area contributed by atoms with Gasteiger partial charge in [-0.25, -0.2) is 0 Å². The Morgan fingerprint density at radius 2 is 1.74 bits per heavy atom. The number of piperidine rings is 1. The summed E-state index contributed by atoms with van der Waals surface area (Å²) in [6.07, 6.45) is 12.8. The number of hydrogen-bond donors (Lipinski definition) is 0. The van der Waals surface area contributed by atoms with Crippen molar-refractivity contribution in [1.29, 1.82) is 0 Å². The lowest BCUT2D eigenvalue weighted by atomic mass is 9.67. The molecule has 0 spiro atoms. The fraction of sp³-hybridized carbons (Fsp3) is 0.950. The van der Waals surface area contributed by atoms with Gasteiger partial charge in [0.2, 0.25) is 0 Å². The molecule has 0 amide bonds. The molecule has 3 nitrogen and oxygen atoms in total. The summed E-state index contributed by atoms with van der Waals surface area (Å²) >= 11 is 0. The smallest absolute Gasteiger partial charge is 0.311 e. The van der Waals surface area contributed by atoms with Crippen LogP contribution in [0.15, 0.2) is 0 Å². The predicted molar refractivity (Wildman–Crippen MR) is 91.0 cm³/mol. The second-order valence-electron chi connectivity index (χ2n) is 8.90. The maximum atomic E-state index is 13.0. The molecule has 23 heavy (non-hydrogen) atoms. The Morgan fingerprint density at radius 1 is 1.00 bits per heavy atom. The number of carbonyl (C=O) groups is 1. The van der Waals surface area contributed by atoms with Gasteiger partial charge in [-0.3, -0.25) is 9.69 Å². The lowest BCUT2D eigenvalue weighted by Crippen LogP contribution is -2.52. The van der Waals surface area contributed by atoms with Crippen LogP contribution < -0.4 is 0 Å². The van der Waals surface area contributed by atoms with Gasteiger partial charge in [-0.2, -0.15) is 0 Å². The van der Waals surface area contributed by atoms with Crippen molar-refractivity contribution >= 4 is 5.97 Å². The van der Waals surface area contributed by atoms with Crippen molar-refractivity contribution in [1.82, 2.24) is 4.90 Å². The summed E-state index contributed by atoms with van der Waals surface area (Å²) in [5.74, 6) is 2.54. The number of ether oxygens (including phenoxy) is 1. The normalized spacial score (nSPS) is 44.8. The van der Waals surface area contributed by atoms with Crippen LogP contribution >= 0.6 is 0 Å². The molecule has 4 fully saturated rings. The van der Waals surface area contributed by atoms with E-state index in [-0.39, 0.29) is 18.0 Å². The molecule has 4 atom stereocenters. The zero-order valence-electron chi connectivity index (χ0n) is 14.9. The molecular weight excluding hydrogens is 286 g/mol. The van der Waals surface area contributed by atoms with Gasteiger partial charge in [-0.15, -0.1) is 0 Å². The average molecular weight is 319 g/mol. The minimum absolute atomic E-state index is 0.149. The molecule has 2 saturated carbocycles. The van der Waals surface area contributed by atoms with Crippen molar-refractivity contribution in [2.24, 2.45) is 23.7 Å². The first-order valence-electron chi connectivity index (χ1n) is 10.1. The van der Waals surface area contributed by atoms with Gasteiger partial charge < -0.3 is 4.74 Å². The number of esters is 1. The highest BCUT2D eigenvalue weighted by atomic mass is 16.5. The Balaban J connectivity index is 1.51. The molecule has 4 unspecified atom stereocenters. The first kappa shape index (κ1) is 15.9. The van der Waals surface area contributed by atoms with Crippen molar-refractivity contribution in [3.05, 3.63) is 0 Å². The molecule has 2 aliphatic heterocycles. The van der Waals surface area contributed by atoms with E-state index in [0.29, 0.717) is 12.0 Å². The molecule has 0 aromatic carbocycles. The third-order valence-corrected chi connectivity index (χ3v) is 7.59. The van der Waals surface area contributed by atoms with Crippen LogP contribution in [0.2, 0.25) is 0 Å². The first-order valence-corrected chi connectivity index (χ1v) is 10.1. The average Bonchev–Trinajstić information content (AvgIpc) is 2.74. The third kappa shape index (κ3) is 2.94. The zero-order valence-corrected chi connectivity index (χ0v) is 14.9.